The Morgan fingerprint density at radius 3 is 2.00 bits per heavy atom. The highest BCUT2D eigenvalue weighted by molar-refractivity contribution is 7.91. The van der Waals surface area contributed by atoms with Gasteiger partial charge in [-0.15, -0.1) is 0 Å². The second kappa shape index (κ2) is 7.02. The van der Waals surface area contributed by atoms with Gasteiger partial charge >= 0.3 is 12.4 Å². The highest BCUT2D eigenvalue weighted by Crippen LogP contribution is 2.42. The van der Waals surface area contributed by atoms with Gasteiger partial charge in [0.15, 0.2) is 5.82 Å². The standard InChI is InChI=1S/C13H9Cl2F6N3OS/c1-2-26(25)9-10(13(19,20)21)23-24(11(9)22)8-6(14)3-5(4-7(8)15)12(16,17)18/h3-4H,2,22H2,1H3. The number of halogens is 8. The van der Waals surface area contributed by atoms with Crippen LogP contribution in [-0.2, 0) is 23.5 Å². The Bertz CT molecular complexity index is 814. The zero-order valence-electron chi connectivity index (χ0n) is 12.7. The van der Waals surface area contributed by atoms with Crippen LogP contribution in [0, 0.1) is 0 Å². The quantitative estimate of drug-likeness (QED) is 0.544. The summed E-state index contributed by atoms with van der Waals surface area (Å²) >= 11 is 9.42. The maximum atomic E-state index is 13.2. The monoisotopic (exact) mass is 439 g/mol. The maximum Gasteiger partial charge on any atom is 0.440 e. The molecule has 0 bridgehead atoms. The number of hydrogen-bond donors (Lipinski definition) is 1. The van der Waals surface area contributed by atoms with E-state index in [1.54, 1.807) is 0 Å². The van der Waals surface area contributed by atoms with Gasteiger partial charge in [0.05, 0.1) is 15.6 Å². The normalized spacial score (nSPS) is 13.9. The topological polar surface area (TPSA) is 66.9 Å². The molecule has 2 aromatic rings. The number of nitrogens with zero attached hydrogens (tertiary/aromatic N) is 2. The van der Waals surface area contributed by atoms with E-state index in [2.05, 4.69) is 5.10 Å². The first kappa shape index (κ1) is 21.0. The van der Waals surface area contributed by atoms with Gasteiger partial charge in [0, 0.05) is 0 Å². The van der Waals surface area contributed by atoms with Crippen LogP contribution < -0.4 is 5.73 Å². The number of benzene rings is 1. The molecule has 0 aliphatic rings. The molecule has 1 heterocycles. The molecule has 0 amide bonds. The summed E-state index contributed by atoms with van der Waals surface area (Å²) in [6, 6.07) is 0.960. The summed E-state index contributed by atoms with van der Waals surface area (Å²) in [7, 11) is 0. The summed E-state index contributed by atoms with van der Waals surface area (Å²) in [6.45, 7) is 1.37. The van der Waals surface area contributed by atoms with Crippen molar-refractivity contribution >= 4 is 40.2 Å². The Labute approximate surface area is 156 Å². The van der Waals surface area contributed by atoms with Gasteiger partial charge < -0.3 is 10.3 Å². The van der Waals surface area contributed by atoms with Crippen LogP contribution >= 0.6 is 23.2 Å². The van der Waals surface area contributed by atoms with Crippen LogP contribution in [0.15, 0.2) is 17.0 Å². The second-order valence-corrected chi connectivity index (χ2v) is 7.38. The number of hydrogen-bond acceptors (Lipinski definition) is 3. The zero-order valence-corrected chi connectivity index (χ0v) is 15.0. The van der Waals surface area contributed by atoms with Crippen molar-refractivity contribution in [2.45, 2.75) is 24.2 Å². The molecule has 0 fully saturated rings. The van der Waals surface area contributed by atoms with E-state index in [0.717, 1.165) is 0 Å². The first-order chi connectivity index (χ1) is 11.8. The van der Waals surface area contributed by atoms with E-state index in [1.807, 2.05) is 0 Å². The van der Waals surface area contributed by atoms with E-state index in [1.165, 1.54) is 6.92 Å². The molecule has 1 aromatic heterocycles. The molecule has 1 aromatic carbocycles. The van der Waals surface area contributed by atoms with E-state index >= 15 is 0 Å². The summed E-state index contributed by atoms with van der Waals surface area (Å²) < 4.78 is 90.3. The lowest BCUT2D eigenvalue weighted by atomic mass is 10.2. The van der Waals surface area contributed by atoms with Gasteiger partial charge in [-0.25, -0.2) is 4.68 Å². The number of aromatic nitrogens is 2. The third-order valence-electron chi connectivity index (χ3n) is 3.19. The Morgan fingerprint density at radius 2 is 1.62 bits per heavy atom. The van der Waals surface area contributed by atoms with Crippen LogP contribution in [0.4, 0.5) is 32.2 Å². The number of nitrogens with two attached hydrogens (primary N) is 1. The number of rotatable bonds is 3. The fourth-order valence-corrected chi connectivity index (χ4v) is 3.70. The zero-order chi connectivity index (χ0) is 20.0. The average Bonchev–Trinajstić information content (AvgIpc) is 2.82. The largest absolute Gasteiger partial charge is 0.611 e. The molecular weight excluding hydrogens is 431 g/mol. The van der Waals surface area contributed by atoms with Gasteiger partial charge in [-0.05, 0) is 30.2 Å². The lowest BCUT2D eigenvalue weighted by Gasteiger charge is -2.13. The van der Waals surface area contributed by atoms with Gasteiger partial charge in [-0.3, -0.25) is 0 Å². The highest BCUT2D eigenvalue weighted by Gasteiger charge is 2.44. The molecule has 1 atom stereocenters. The molecule has 0 aliphatic carbocycles. The van der Waals surface area contributed by atoms with Crippen molar-refractivity contribution in [3.63, 3.8) is 0 Å². The molecule has 0 aliphatic heterocycles. The molecule has 2 rings (SSSR count). The highest BCUT2D eigenvalue weighted by atomic mass is 35.5. The average molecular weight is 440 g/mol. The van der Waals surface area contributed by atoms with E-state index in [9.17, 15) is 30.9 Å². The predicted octanol–water partition coefficient (Wildman–Crippen LogP) is 4.93. The fraction of sp³-hybridized carbons (Fsp3) is 0.308. The number of anilines is 1. The summed E-state index contributed by atoms with van der Waals surface area (Å²) in [6.07, 6.45) is -9.77. The summed E-state index contributed by atoms with van der Waals surface area (Å²) in [5.74, 6) is -0.867. The maximum absolute atomic E-state index is 13.2. The summed E-state index contributed by atoms with van der Waals surface area (Å²) in [4.78, 5) is -0.785. The van der Waals surface area contributed by atoms with Gasteiger partial charge in [-0.2, -0.15) is 31.4 Å². The molecule has 13 heteroatoms. The molecule has 144 valence electrons. The minimum absolute atomic E-state index is 0.187. The number of nitrogen functional groups attached to an aromatic ring is 1. The Balaban J connectivity index is 2.76. The lowest BCUT2D eigenvalue weighted by Crippen LogP contribution is -2.14. The second-order valence-electron chi connectivity index (χ2n) is 4.89. The molecular formula is C13H9Cl2F6N3OS. The third-order valence-corrected chi connectivity index (χ3v) is 5.15. The van der Waals surface area contributed by atoms with E-state index in [-0.39, 0.29) is 5.75 Å². The predicted molar refractivity (Wildman–Crippen MR) is 84.9 cm³/mol. The van der Waals surface area contributed by atoms with Crippen LogP contribution in [0.25, 0.3) is 5.69 Å². The first-order valence-electron chi connectivity index (χ1n) is 6.69. The minimum Gasteiger partial charge on any atom is -0.611 e. The van der Waals surface area contributed by atoms with E-state index in [0.29, 0.717) is 16.8 Å². The van der Waals surface area contributed by atoms with Crippen molar-refractivity contribution in [1.29, 1.82) is 0 Å². The van der Waals surface area contributed by atoms with E-state index in [4.69, 9.17) is 28.9 Å². The SMILES string of the molecule is CC[S+]([O-])c1c(C(F)(F)F)nn(-c2c(Cl)cc(C(F)(F)F)cc2Cl)c1N. The molecule has 26 heavy (non-hydrogen) atoms. The van der Waals surface area contributed by atoms with Gasteiger partial charge in [-0.1, -0.05) is 23.2 Å². The van der Waals surface area contributed by atoms with Crippen molar-refractivity contribution < 1.29 is 30.9 Å². The van der Waals surface area contributed by atoms with E-state index < -0.39 is 61.2 Å². The third kappa shape index (κ3) is 3.85. The number of alkyl halides is 6. The molecule has 0 radical (unpaired) electrons. The molecule has 1 unspecified atom stereocenters. The lowest BCUT2D eigenvalue weighted by molar-refractivity contribution is -0.143. The van der Waals surface area contributed by atoms with Gasteiger partial charge in [0.2, 0.25) is 10.6 Å². The Kier molecular flexibility index (Phi) is 5.67. The van der Waals surface area contributed by atoms with Gasteiger partial charge in [0.1, 0.15) is 11.4 Å². The summed E-state index contributed by atoms with van der Waals surface area (Å²) in [5, 5.41) is 2.01. The smallest absolute Gasteiger partial charge is 0.440 e. The first-order valence-corrected chi connectivity index (χ1v) is 8.77. The van der Waals surface area contributed by atoms with Gasteiger partial charge in [0.25, 0.3) is 0 Å². The Hall–Kier alpha value is -1.30. The van der Waals surface area contributed by atoms with Crippen molar-refractivity contribution in [2.24, 2.45) is 0 Å². The van der Waals surface area contributed by atoms with Crippen LogP contribution in [0.5, 0.6) is 0 Å². The van der Waals surface area contributed by atoms with Crippen molar-refractivity contribution in [3.05, 3.63) is 33.4 Å². The minimum atomic E-state index is -5.00. The molecule has 0 saturated heterocycles. The van der Waals surface area contributed by atoms with Crippen molar-refractivity contribution in [2.75, 3.05) is 11.5 Å². The van der Waals surface area contributed by atoms with Crippen molar-refractivity contribution in [1.82, 2.24) is 9.78 Å². The van der Waals surface area contributed by atoms with Crippen LogP contribution in [-0.4, -0.2) is 20.1 Å². The Morgan fingerprint density at radius 1 is 1.12 bits per heavy atom. The molecule has 0 saturated carbocycles. The molecule has 0 spiro atoms. The molecule has 4 nitrogen and oxygen atoms in total. The van der Waals surface area contributed by atoms with Crippen LogP contribution in [0.1, 0.15) is 18.2 Å². The van der Waals surface area contributed by atoms with Crippen LogP contribution in [0.2, 0.25) is 10.0 Å². The van der Waals surface area contributed by atoms with Crippen LogP contribution in [0.3, 0.4) is 0 Å². The fourth-order valence-electron chi connectivity index (χ4n) is 2.07. The summed E-state index contributed by atoms with van der Waals surface area (Å²) in [5.41, 5.74) is 2.43. The van der Waals surface area contributed by atoms with Crippen molar-refractivity contribution in [3.8, 4) is 5.69 Å². The molecule has 2 N–H and O–H groups in total.